The first kappa shape index (κ1) is 19.9. The van der Waals surface area contributed by atoms with Crippen LogP contribution in [0.25, 0.3) is 10.1 Å². The molecule has 0 aliphatic rings. The molecule has 1 N–H and O–H groups in total. The molecule has 6 nitrogen and oxygen atoms in total. The van der Waals surface area contributed by atoms with Crippen molar-refractivity contribution in [2.75, 3.05) is 6.26 Å². The number of sulfonamides is 1. The van der Waals surface area contributed by atoms with Crippen LogP contribution in [-0.2, 0) is 23.0 Å². The normalized spacial score (nSPS) is 11.8. The van der Waals surface area contributed by atoms with Crippen LogP contribution in [0.1, 0.15) is 41.6 Å². The van der Waals surface area contributed by atoms with Crippen LogP contribution >= 0.6 is 22.9 Å². The maximum absolute atomic E-state index is 12.6. The maximum Gasteiger partial charge on any atom is 0.284 e. The predicted octanol–water partition coefficient (Wildman–Crippen LogP) is 3.83. The van der Waals surface area contributed by atoms with Crippen LogP contribution in [0, 0.1) is 0 Å². The van der Waals surface area contributed by atoms with E-state index in [2.05, 4.69) is 11.9 Å². The van der Waals surface area contributed by atoms with Crippen LogP contribution in [-0.4, -0.2) is 30.1 Å². The summed E-state index contributed by atoms with van der Waals surface area (Å²) >= 11 is 7.86. The number of aromatic nitrogens is 2. The van der Waals surface area contributed by atoms with Gasteiger partial charge >= 0.3 is 0 Å². The molecule has 2 heterocycles. The number of rotatable bonds is 7. The van der Waals surface area contributed by atoms with Crippen LogP contribution in [0.2, 0.25) is 5.15 Å². The lowest BCUT2D eigenvalue weighted by Gasteiger charge is -2.13. The van der Waals surface area contributed by atoms with Crippen molar-refractivity contribution in [2.45, 2.75) is 32.7 Å². The van der Waals surface area contributed by atoms with Gasteiger partial charge in [0.25, 0.3) is 5.91 Å². The van der Waals surface area contributed by atoms with E-state index in [4.69, 9.17) is 11.6 Å². The topological polar surface area (TPSA) is 81.1 Å². The molecule has 0 unspecified atom stereocenters. The molecular weight excluding hydrogens is 406 g/mol. The summed E-state index contributed by atoms with van der Waals surface area (Å²) in [6.45, 7) is 2.46. The maximum atomic E-state index is 12.6. The Morgan fingerprint density at radius 1 is 1.33 bits per heavy atom. The molecule has 0 radical (unpaired) electrons. The van der Waals surface area contributed by atoms with Crippen LogP contribution in [0.3, 0.4) is 0 Å². The van der Waals surface area contributed by atoms with E-state index >= 15 is 0 Å². The second kappa shape index (κ2) is 8.00. The number of carbonyl (C=O) groups is 1. The molecule has 3 aromatic rings. The zero-order valence-corrected chi connectivity index (χ0v) is 17.4. The molecule has 0 atom stereocenters. The quantitative estimate of drug-likeness (QED) is 0.623. The lowest BCUT2D eigenvalue weighted by Crippen LogP contribution is -2.31. The summed E-state index contributed by atoms with van der Waals surface area (Å²) in [6, 6.07) is 8.03. The highest BCUT2D eigenvalue weighted by atomic mass is 35.5. The van der Waals surface area contributed by atoms with Crippen molar-refractivity contribution in [3.05, 3.63) is 51.9 Å². The Hall–Kier alpha value is -1.90. The molecule has 0 spiro atoms. The van der Waals surface area contributed by atoms with E-state index in [-0.39, 0.29) is 10.8 Å². The van der Waals surface area contributed by atoms with Gasteiger partial charge in [0, 0.05) is 11.1 Å². The molecule has 9 heteroatoms. The van der Waals surface area contributed by atoms with E-state index in [1.54, 1.807) is 15.9 Å². The van der Waals surface area contributed by atoms with Gasteiger partial charge < -0.3 is 4.57 Å². The first-order valence-corrected chi connectivity index (χ1v) is 11.7. The summed E-state index contributed by atoms with van der Waals surface area (Å²) in [7, 11) is -3.71. The lowest BCUT2D eigenvalue weighted by molar-refractivity contribution is 0.0973. The molecule has 0 saturated heterocycles. The van der Waals surface area contributed by atoms with Crippen LogP contribution in [0.15, 0.2) is 29.6 Å². The Bertz CT molecular complexity index is 1090. The van der Waals surface area contributed by atoms with E-state index < -0.39 is 15.9 Å². The minimum Gasteiger partial charge on any atom is -0.318 e. The highest BCUT2D eigenvalue weighted by Gasteiger charge is 2.24. The molecule has 0 aliphatic heterocycles. The zero-order chi connectivity index (χ0) is 19.6. The molecule has 27 heavy (non-hydrogen) atoms. The molecule has 0 bridgehead atoms. The first-order chi connectivity index (χ1) is 12.8. The summed E-state index contributed by atoms with van der Waals surface area (Å²) in [5.74, 6) is -0.0924. The van der Waals surface area contributed by atoms with Crippen molar-refractivity contribution in [3.8, 4) is 0 Å². The van der Waals surface area contributed by atoms with Gasteiger partial charge in [0.1, 0.15) is 11.5 Å². The summed E-state index contributed by atoms with van der Waals surface area (Å²) < 4.78 is 27.9. The summed E-state index contributed by atoms with van der Waals surface area (Å²) in [4.78, 5) is 16.9. The number of amides is 1. The van der Waals surface area contributed by atoms with E-state index in [0.717, 1.165) is 34.7 Å². The van der Waals surface area contributed by atoms with Crippen molar-refractivity contribution in [1.82, 2.24) is 14.3 Å². The Kier molecular flexibility index (Phi) is 5.88. The summed E-state index contributed by atoms with van der Waals surface area (Å²) in [5.41, 5.74) is 1.10. The van der Waals surface area contributed by atoms with E-state index in [0.29, 0.717) is 18.8 Å². The van der Waals surface area contributed by atoms with Gasteiger partial charge in [0.15, 0.2) is 5.15 Å². The molecule has 144 valence electrons. The molecule has 0 saturated carbocycles. The van der Waals surface area contributed by atoms with Gasteiger partial charge in [-0.05, 0) is 28.8 Å². The van der Waals surface area contributed by atoms with Gasteiger partial charge in [-0.3, -0.25) is 4.79 Å². The number of fused-ring (bicyclic) bond motifs is 1. The number of nitrogens with one attached hydrogen (secondary N) is 1. The third-order valence-electron chi connectivity index (χ3n) is 4.14. The minimum absolute atomic E-state index is 0.0145. The summed E-state index contributed by atoms with van der Waals surface area (Å²) in [6.07, 6.45) is 3.45. The third-order valence-corrected chi connectivity index (χ3v) is 5.97. The highest BCUT2D eigenvalue weighted by Crippen LogP contribution is 2.27. The number of nitrogens with zero attached hydrogens (tertiary/aromatic N) is 2. The third kappa shape index (κ3) is 4.51. The minimum atomic E-state index is -3.71. The van der Waals surface area contributed by atoms with Gasteiger partial charge in [0.2, 0.25) is 10.0 Å². The fourth-order valence-corrected chi connectivity index (χ4v) is 4.57. The highest BCUT2D eigenvalue weighted by molar-refractivity contribution is 7.89. The number of hydrogen-bond acceptors (Lipinski definition) is 5. The number of carbonyl (C=O) groups excluding carboxylic acids is 1. The molecule has 0 aliphatic carbocycles. The largest absolute Gasteiger partial charge is 0.318 e. The zero-order valence-electron chi connectivity index (χ0n) is 15.0. The second-order valence-corrected chi connectivity index (χ2v) is 9.34. The fourth-order valence-electron chi connectivity index (χ4n) is 2.95. The van der Waals surface area contributed by atoms with Gasteiger partial charge in [-0.25, -0.2) is 18.1 Å². The number of benzene rings is 1. The summed E-state index contributed by atoms with van der Waals surface area (Å²) in [5, 5.41) is 3.16. The van der Waals surface area contributed by atoms with Crippen LogP contribution < -0.4 is 4.72 Å². The van der Waals surface area contributed by atoms with E-state index in [1.807, 2.05) is 34.4 Å². The number of unbranched alkanes of at least 4 members (excludes halogenated alkanes) is 1. The number of aryl methyl sites for hydroxylation is 1. The van der Waals surface area contributed by atoms with Crippen molar-refractivity contribution in [2.24, 2.45) is 0 Å². The first-order valence-electron chi connectivity index (χ1n) is 8.52. The van der Waals surface area contributed by atoms with Gasteiger partial charge in [-0.15, -0.1) is 11.3 Å². The van der Waals surface area contributed by atoms with Crippen molar-refractivity contribution < 1.29 is 13.2 Å². The number of imidazole rings is 1. The molecule has 3 rings (SSSR count). The van der Waals surface area contributed by atoms with Crippen LogP contribution in [0.4, 0.5) is 0 Å². The smallest absolute Gasteiger partial charge is 0.284 e. The van der Waals surface area contributed by atoms with E-state index in [1.165, 1.54) is 0 Å². The Morgan fingerprint density at radius 3 is 2.81 bits per heavy atom. The SMILES string of the molecule is CCCCc1nc(Cl)c(C(=O)NS(C)(=O)=O)n1Cc1cccc2ccsc12. The average molecular weight is 426 g/mol. The van der Waals surface area contributed by atoms with Gasteiger partial charge in [-0.1, -0.05) is 43.1 Å². The fraction of sp³-hybridized carbons (Fsp3) is 0.333. The molecule has 2 aromatic heterocycles. The van der Waals surface area contributed by atoms with Gasteiger partial charge in [-0.2, -0.15) is 0 Å². The van der Waals surface area contributed by atoms with Crippen LogP contribution in [0.5, 0.6) is 0 Å². The number of halogens is 1. The number of hydrogen-bond donors (Lipinski definition) is 1. The second-order valence-electron chi connectivity index (χ2n) is 6.32. The van der Waals surface area contributed by atoms with Crippen molar-refractivity contribution in [3.63, 3.8) is 0 Å². The Labute approximate surface area is 167 Å². The average Bonchev–Trinajstić information content (AvgIpc) is 3.16. The predicted molar refractivity (Wildman–Crippen MR) is 109 cm³/mol. The molecular formula is C18H20ClN3O3S2. The van der Waals surface area contributed by atoms with Crippen molar-refractivity contribution >= 4 is 49.0 Å². The molecule has 1 aromatic carbocycles. The monoisotopic (exact) mass is 425 g/mol. The van der Waals surface area contributed by atoms with E-state index in [9.17, 15) is 13.2 Å². The standard InChI is InChI=1S/C18H20ClN3O3S2/c1-3-4-8-14-20-17(19)15(18(23)21-27(2,24)25)22(14)11-13-7-5-6-12-9-10-26-16(12)13/h5-7,9-10H,3-4,8,11H2,1-2H3,(H,21,23). The molecule has 0 fully saturated rings. The number of thiophene rings is 1. The Balaban J connectivity index is 2.07. The van der Waals surface area contributed by atoms with Crippen molar-refractivity contribution in [1.29, 1.82) is 0 Å². The lowest BCUT2D eigenvalue weighted by atomic mass is 10.1. The van der Waals surface area contributed by atoms with Gasteiger partial charge in [0.05, 0.1) is 12.8 Å². The molecule has 1 amide bonds. The Morgan fingerprint density at radius 2 is 2.11 bits per heavy atom.